The number of hydrogen-bond donors (Lipinski definition) is 1. The third-order valence-corrected chi connectivity index (χ3v) is 8.18. The SMILES string of the molecule is COC(=O)CCCCN(C)C(=O)CCN1CCC2(CC1)CC(OC(=O)Nc1ccccc1-c1ccccc1)C2. The average molecular weight is 536 g/mol. The maximum absolute atomic E-state index is 12.7. The predicted molar refractivity (Wildman–Crippen MR) is 151 cm³/mol. The van der Waals surface area contributed by atoms with Crippen LogP contribution in [0.15, 0.2) is 54.6 Å². The summed E-state index contributed by atoms with van der Waals surface area (Å²) in [6.45, 7) is 3.37. The van der Waals surface area contributed by atoms with Crippen LogP contribution in [0.1, 0.15) is 51.4 Å². The van der Waals surface area contributed by atoms with Crippen LogP contribution in [0.2, 0.25) is 0 Å². The third-order valence-electron chi connectivity index (χ3n) is 8.18. The first-order valence-corrected chi connectivity index (χ1v) is 14.0. The first-order chi connectivity index (χ1) is 18.9. The van der Waals surface area contributed by atoms with Crippen LogP contribution < -0.4 is 5.32 Å². The number of nitrogens with one attached hydrogen (secondary N) is 1. The fraction of sp³-hybridized carbons (Fsp3) is 0.516. The van der Waals surface area contributed by atoms with Crippen LogP contribution in [0.5, 0.6) is 0 Å². The zero-order valence-electron chi connectivity index (χ0n) is 23.2. The lowest BCUT2D eigenvalue weighted by Gasteiger charge is -2.51. The van der Waals surface area contributed by atoms with Crippen molar-refractivity contribution in [2.75, 3.05) is 45.7 Å². The Bertz CT molecular complexity index is 1110. The van der Waals surface area contributed by atoms with Crippen molar-refractivity contribution >= 4 is 23.7 Å². The van der Waals surface area contributed by atoms with E-state index in [2.05, 4.69) is 15.0 Å². The number of unbranched alkanes of at least 4 members (excludes halogenated alkanes) is 1. The second-order valence-corrected chi connectivity index (χ2v) is 10.9. The molecule has 0 bridgehead atoms. The molecule has 0 aromatic heterocycles. The first kappa shape index (κ1) is 28.6. The molecule has 39 heavy (non-hydrogen) atoms. The molecule has 210 valence electrons. The van der Waals surface area contributed by atoms with E-state index in [0.29, 0.717) is 19.4 Å². The zero-order valence-corrected chi connectivity index (χ0v) is 23.2. The van der Waals surface area contributed by atoms with Crippen molar-refractivity contribution < 1.29 is 23.9 Å². The standard InChI is InChI=1S/C31H41N3O5/c1-33(18-9-8-14-29(36)38-2)28(35)15-19-34-20-16-31(17-21-34)22-25(23-31)39-30(37)32-27-13-7-6-12-26(27)24-10-4-3-5-11-24/h3-7,10-13,25H,8-9,14-23H2,1-2H3,(H,32,37). The lowest BCUT2D eigenvalue weighted by molar-refractivity contribution is -0.140. The number of ether oxygens (including phenoxy) is 2. The van der Waals surface area contributed by atoms with E-state index in [1.165, 1.54) is 7.11 Å². The molecule has 0 atom stereocenters. The number of nitrogens with zero attached hydrogens (tertiary/aromatic N) is 2. The average Bonchev–Trinajstić information content (AvgIpc) is 2.94. The monoisotopic (exact) mass is 535 g/mol. The second-order valence-electron chi connectivity index (χ2n) is 10.9. The normalized spacial score (nSPS) is 16.8. The number of likely N-dealkylation sites (tertiary alicyclic amines) is 1. The number of methoxy groups -OCH3 is 1. The Kier molecular flexibility index (Phi) is 9.98. The molecule has 1 saturated carbocycles. The fourth-order valence-corrected chi connectivity index (χ4v) is 5.69. The molecule has 2 amide bonds. The van der Waals surface area contributed by atoms with Gasteiger partial charge in [-0.15, -0.1) is 0 Å². The molecule has 1 aliphatic carbocycles. The number of carbonyl (C=O) groups excluding carboxylic acids is 3. The Morgan fingerprint density at radius 1 is 0.974 bits per heavy atom. The van der Waals surface area contributed by atoms with E-state index in [9.17, 15) is 14.4 Å². The Hall–Kier alpha value is -3.39. The summed E-state index contributed by atoms with van der Waals surface area (Å²) in [6.07, 6.45) is 5.94. The molecule has 1 N–H and O–H groups in total. The van der Waals surface area contributed by atoms with Gasteiger partial charge in [0.25, 0.3) is 0 Å². The number of carbonyl (C=O) groups is 3. The van der Waals surface area contributed by atoms with Gasteiger partial charge in [0.05, 0.1) is 12.8 Å². The molecule has 0 unspecified atom stereocenters. The maximum Gasteiger partial charge on any atom is 0.411 e. The molecular weight excluding hydrogens is 494 g/mol. The molecule has 4 rings (SSSR count). The van der Waals surface area contributed by atoms with Crippen molar-refractivity contribution in [3.63, 3.8) is 0 Å². The third kappa shape index (κ3) is 8.05. The lowest BCUT2D eigenvalue weighted by Crippen LogP contribution is -2.51. The largest absolute Gasteiger partial charge is 0.469 e. The molecule has 1 heterocycles. The summed E-state index contributed by atoms with van der Waals surface area (Å²) in [5.74, 6) is -0.0608. The summed E-state index contributed by atoms with van der Waals surface area (Å²) < 4.78 is 10.4. The molecule has 2 aromatic carbocycles. The molecular formula is C31H41N3O5. The summed E-state index contributed by atoms with van der Waals surface area (Å²) in [7, 11) is 3.22. The van der Waals surface area contributed by atoms with Crippen molar-refractivity contribution in [1.29, 1.82) is 0 Å². The van der Waals surface area contributed by atoms with Gasteiger partial charge in [-0.25, -0.2) is 4.79 Å². The highest BCUT2D eigenvalue weighted by Crippen LogP contribution is 2.50. The minimum atomic E-state index is -0.399. The van der Waals surface area contributed by atoms with E-state index < -0.39 is 6.09 Å². The van der Waals surface area contributed by atoms with Gasteiger partial charge in [0, 0.05) is 38.5 Å². The maximum atomic E-state index is 12.7. The summed E-state index contributed by atoms with van der Waals surface area (Å²) in [4.78, 5) is 40.5. The minimum absolute atomic E-state index is 0.0464. The van der Waals surface area contributed by atoms with Crippen LogP contribution in [-0.4, -0.2) is 74.2 Å². The number of hydrogen-bond acceptors (Lipinski definition) is 6. The van der Waals surface area contributed by atoms with E-state index in [1.807, 2.05) is 61.6 Å². The fourth-order valence-electron chi connectivity index (χ4n) is 5.69. The summed E-state index contributed by atoms with van der Waals surface area (Å²) >= 11 is 0. The smallest absolute Gasteiger partial charge is 0.411 e. The van der Waals surface area contributed by atoms with E-state index >= 15 is 0 Å². The number of piperidine rings is 1. The minimum Gasteiger partial charge on any atom is -0.469 e. The van der Waals surface area contributed by atoms with Crippen molar-refractivity contribution in [2.24, 2.45) is 5.41 Å². The molecule has 1 saturated heterocycles. The van der Waals surface area contributed by atoms with Gasteiger partial charge in [-0.05, 0) is 68.7 Å². The van der Waals surface area contributed by atoms with E-state index in [4.69, 9.17) is 4.74 Å². The number of para-hydroxylation sites is 1. The number of amides is 2. The van der Waals surface area contributed by atoms with Crippen molar-refractivity contribution in [1.82, 2.24) is 9.80 Å². The molecule has 2 aliphatic rings. The van der Waals surface area contributed by atoms with Crippen molar-refractivity contribution in [2.45, 2.75) is 57.5 Å². The Balaban J connectivity index is 1.13. The van der Waals surface area contributed by atoms with Gasteiger partial charge in [0.2, 0.25) is 5.91 Å². The highest BCUT2D eigenvalue weighted by molar-refractivity contribution is 5.91. The number of esters is 1. The molecule has 8 nitrogen and oxygen atoms in total. The van der Waals surface area contributed by atoms with Gasteiger partial charge >= 0.3 is 12.1 Å². The zero-order chi connectivity index (χ0) is 27.7. The van der Waals surface area contributed by atoms with E-state index in [-0.39, 0.29) is 23.4 Å². The van der Waals surface area contributed by atoms with Gasteiger partial charge in [-0.3, -0.25) is 14.9 Å². The number of benzene rings is 2. The summed E-state index contributed by atoms with van der Waals surface area (Å²) in [6, 6.07) is 17.8. The molecule has 2 aromatic rings. The van der Waals surface area contributed by atoms with Gasteiger partial charge in [0.15, 0.2) is 0 Å². The van der Waals surface area contributed by atoms with Gasteiger partial charge in [-0.1, -0.05) is 48.5 Å². The Morgan fingerprint density at radius 2 is 1.67 bits per heavy atom. The van der Waals surface area contributed by atoms with Crippen LogP contribution in [-0.2, 0) is 19.1 Å². The lowest BCUT2D eigenvalue weighted by atomic mass is 9.61. The van der Waals surface area contributed by atoms with Crippen LogP contribution in [0.3, 0.4) is 0 Å². The van der Waals surface area contributed by atoms with Crippen LogP contribution in [0.25, 0.3) is 11.1 Å². The Labute approximate surface area is 231 Å². The number of anilines is 1. The molecule has 0 radical (unpaired) electrons. The molecule has 1 spiro atoms. The van der Waals surface area contributed by atoms with Crippen LogP contribution in [0.4, 0.5) is 10.5 Å². The Morgan fingerprint density at radius 3 is 2.38 bits per heavy atom. The number of rotatable bonds is 11. The van der Waals surface area contributed by atoms with Gasteiger partial charge in [0.1, 0.15) is 6.10 Å². The van der Waals surface area contributed by atoms with Crippen LogP contribution >= 0.6 is 0 Å². The second kappa shape index (κ2) is 13.6. The first-order valence-electron chi connectivity index (χ1n) is 14.0. The van der Waals surface area contributed by atoms with E-state index in [1.54, 1.807) is 4.90 Å². The van der Waals surface area contributed by atoms with Crippen molar-refractivity contribution in [3.8, 4) is 11.1 Å². The highest BCUT2D eigenvalue weighted by atomic mass is 16.6. The van der Waals surface area contributed by atoms with Gasteiger partial charge in [-0.2, -0.15) is 0 Å². The highest BCUT2D eigenvalue weighted by Gasteiger charge is 2.47. The van der Waals surface area contributed by atoms with Gasteiger partial charge < -0.3 is 19.3 Å². The summed E-state index contributed by atoms with van der Waals surface area (Å²) in [5.41, 5.74) is 3.02. The topological polar surface area (TPSA) is 88.2 Å². The van der Waals surface area contributed by atoms with E-state index in [0.717, 1.165) is 75.0 Å². The molecule has 1 aliphatic heterocycles. The summed E-state index contributed by atoms with van der Waals surface area (Å²) in [5, 5.41) is 2.94. The quantitative estimate of drug-likeness (QED) is 0.309. The van der Waals surface area contributed by atoms with Crippen molar-refractivity contribution in [3.05, 3.63) is 54.6 Å². The van der Waals surface area contributed by atoms with Crippen LogP contribution in [0, 0.1) is 5.41 Å². The molecule has 8 heteroatoms. The molecule has 2 fully saturated rings. The predicted octanol–water partition coefficient (Wildman–Crippen LogP) is 5.34.